The number of benzene rings is 2. The Morgan fingerprint density at radius 2 is 1.79 bits per heavy atom. The number of hydrogen-bond acceptors (Lipinski definition) is 7. The van der Waals surface area contributed by atoms with E-state index in [0.717, 1.165) is 39.5 Å². The fourth-order valence-corrected chi connectivity index (χ4v) is 3.57. The van der Waals surface area contributed by atoms with Crippen molar-refractivity contribution in [1.82, 2.24) is 19.9 Å². The van der Waals surface area contributed by atoms with Gasteiger partial charge in [-0.2, -0.15) is 4.98 Å². The summed E-state index contributed by atoms with van der Waals surface area (Å²) in [6.45, 7) is 2.39. The molecule has 5 rings (SSSR count). The Morgan fingerprint density at radius 3 is 2.62 bits per heavy atom. The third-order valence-corrected chi connectivity index (χ3v) is 5.20. The van der Waals surface area contributed by atoms with Gasteiger partial charge in [-0.15, -0.1) is 0 Å². The van der Waals surface area contributed by atoms with Crippen LogP contribution in [-0.4, -0.2) is 19.9 Å². The van der Waals surface area contributed by atoms with Gasteiger partial charge in [-0.3, -0.25) is 0 Å². The standard InChI is InChI=1S/C25H22FN7O/c1-15-12-18(6-7-21(15)34-22-9-11-29-24-20(22)8-10-28-24)31-23-13-19(32-25(27)33-23)14-30-17-4-2-16(26)3-5-17/h2-13,30H,14H2,1H3,(H,28,29)(H3,27,31,32,33). The first kappa shape index (κ1) is 21.2. The van der Waals surface area contributed by atoms with Crippen molar-refractivity contribution >= 4 is 34.2 Å². The highest BCUT2D eigenvalue weighted by molar-refractivity contribution is 5.82. The van der Waals surface area contributed by atoms with Crippen molar-refractivity contribution in [2.24, 2.45) is 0 Å². The SMILES string of the molecule is Cc1cc(Nc2cc(CNc3ccc(F)cc3)nc(N)n2)ccc1Oc1ccnc2[nH]ccc12. The molecule has 2 aromatic carbocycles. The van der Waals surface area contributed by atoms with Gasteiger partial charge in [-0.05, 0) is 67.1 Å². The molecule has 0 saturated heterocycles. The second-order valence-electron chi connectivity index (χ2n) is 7.72. The van der Waals surface area contributed by atoms with Crippen LogP contribution in [0.5, 0.6) is 11.5 Å². The first-order chi connectivity index (χ1) is 16.5. The number of anilines is 4. The van der Waals surface area contributed by atoms with Gasteiger partial charge in [-0.25, -0.2) is 14.4 Å². The minimum absolute atomic E-state index is 0.158. The summed E-state index contributed by atoms with van der Waals surface area (Å²) >= 11 is 0. The number of halogens is 1. The average Bonchev–Trinajstić information content (AvgIpc) is 3.30. The topological polar surface area (TPSA) is 114 Å². The van der Waals surface area contributed by atoms with Crippen LogP contribution in [0.25, 0.3) is 11.0 Å². The summed E-state index contributed by atoms with van der Waals surface area (Å²) in [6.07, 6.45) is 3.54. The molecule has 3 aromatic heterocycles. The summed E-state index contributed by atoms with van der Waals surface area (Å²) in [5.74, 6) is 1.92. The maximum Gasteiger partial charge on any atom is 0.222 e. The Kier molecular flexibility index (Phi) is 5.65. The molecule has 0 radical (unpaired) electrons. The molecular formula is C25H22FN7O. The quantitative estimate of drug-likeness (QED) is 0.255. The lowest BCUT2D eigenvalue weighted by Crippen LogP contribution is -2.07. The molecule has 0 amide bonds. The second-order valence-corrected chi connectivity index (χ2v) is 7.72. The van der Waals surface area contributed by atoms with Crippen molar-refractivity contribution in [1.29, 1.82) is 0 Å². The maximum absolute atomic E-state index is 13.1. The lowest BCUT2D eigenvalue weighted by molar-refractivity contribution is 0.484. The van der Waals surface area contributed by atoms with Crippen LogP contribution < -0.4 is 21.1 Å². The maximum atomic E-state index is 13.1. The van der Waals surface area contributed by atoms with Crippen LogP contribution in [0.1, 0.15) is 11.3 Å². The number of fused-ring (bicyclic) bond motifs is 1. The van der Waals surface area contributed by atoms with E-state index in [-0.39, 0.29) is 11.8 Å². The highest BCUT2D eigenvalue weighted by Gasteiger charge is 2.09. The minimum Gasteiger partial charge on any atom is -0.456 e. The van der Waals surface area contributed by atoms with Crippen molar-refractivity contribution in [3.63, 3.8) is 0 Å². The second kappa shape index (κ2) is 9.07. The number of nitrogens with one attached hydrogen (secondary N) is 3. The van der Waals surface area contributed by atoms with Crippen molar-refractivity contribution < 1.29 is 9.13 Å². The van der Waals surface area contributed by atoms with Crippen LogP contribution in [0.15, 0.2) is 73.1 Å². The largest absolute Gasteiger partial charge is 0.456 e. The predicted octanol–water partition coefficient (Wildman–Crippen LogP) is 5.53. The molecule has 0 atom stereocenters. The van der Waals surface area contributed by atoms with E-state index in [1.165, 1.54) is 12.1 Å². The molecule has 0 spiro atoms. The zero-order valence-corrected chi connectivity index (χ0v) is 18.3. The van der Waals surface area contributed by atoms with E-state index in [4.69, 9.17) is 10.5 Å². The summed E-state index contributed by atoms with van der Waals surface area (Å²) in [5.41, 5.74) is 9.95. The van der Waals surface area contributed by atoms with E-state index in [1.807, 2.05) is 49.5 Å². The molecule has 3 heterocycles. The molecule has 5 aromatic rings. The van der Waals surface area contributed by atoms with Gasteiger partial charge < -0.3 is 26.1 Å². The van der Waals surface area contributed by atoms with Gasteiger partial charge in [0.2, 0.25) is 5.95 Å². The van der Waals surface area contributed by atoms with Gasteiger partial charge in [0, 0.05) is 29.8 Å². The lowest BCUT2D eigenvalue weighted by atomic mass is 10.2. The smallest absolute Gasteiger partial charge is 0.222 e. The number of nitrogens with two attached hydrogens (primary N) is 1. The number of pyridine rings is 1. The minimum atomic E-state index is -0.284. The Balaban J connectivity index is 1.30. The molecule has 34 heavy (non-hydrogen) atoms. The molecule has 0 unspecified atom stereocenters. The zero-order valence-electron chi connectivity index (χ0n) is 18.3. The first-order valence-corrected chi connectivity index (χ1v) is 10.6. The fraction of sp³-hybridized carbons (Fsp3) is 0.0800. The molecule has 0 saturated carbocycles. The van der Waals surface area contributed by atoms with Gasteiger partial charge in [0.15, 0.2) is 0 Å². The number of nitrogen functional groups attached to an aromatic ring is 1. The van der Waals surface area contributed by atoms with Gasteiger partial charge in [-0.1, -0.05) is 0 Å². The Hall–Kier alpha value is -4.66. The van der Waals surface area contributed by atoms with Gasteiger partial charge >= 0.3 is 0 Å². The molecular weight excluding hydrogens is 433 g/mol. The monoisotopic (exact) mass is 455 g/mol. The highest BCUT2D eigenvalue weighted by atomic mass is 19.1. The van der Waals surface area contributed by atoms with E-state index in [2.05, 4.69) is 30.6 Å². The van der Waals surface area contributed by atoms with Gasteiger partial charge in [0.1, 0.15) is 28.8 Å². The third kappa shape index (κ3) is 4.73. The lowest BCUT2D eigenvalue weighted by Gasteiger charge is -2.13. The molecule has 9 heteroatoms. The molecule has 0 aliphatic carbocycles. The number of ether oxygens (including phenoxy) is 1. The number of aromatic nitrogens is 4. The Labute approximate surface area is 195 Å². The molecule has 0 bridgehead atoms. The van der Waals surface area contributed by atoms with Crippen LogP contribution in [0.3, 0.4) is 0 Å². The predicted molar refractivity (Wildman–Crippen MR) is 131 cm³/mol. The molecule has 0 fully saturated rings. The highest BCUT2D eigenvalue weighted by Crippen LogP contribution is 2.32. The van der Waals surface area contributed by atoms with E-state index in [9.17, 15) is 4.39 Å². The molecule has 5 N–H and O–H groups in total. The van der Waals surface area contributed by atoms with Gasteiger partial charge in [0.05, 0.1) is 17.6 Å². The van der Waals surface area contributed by atoms with Gasteiger partial charge in [0.25, 0.3) is 0 Å². The van der Waals surface area contributed by atoms with Crippen molar-refractivity contribution in [3.8, 4) is 11.5 Å². The van der Waals surface area contributed by atoms with Crippen LogP contribution in [0, 0.1) is 12.7 Å². The van der Waals surface area contributed by atoms with Crippen LogP contribution in [0.2, 0.25) is 0 Å². The van der Waals surface area contributed by atoms with E-state index in [0.29, 0.717) is 18.1 Å². The summed E-state index contributed by atoms with van der Waals surface area (Å²) in [7, 11) is 0. The van der Waals surface area contributed by atoms with Crippen molar-refractivity contribution in [2.45, 2.75) is 13.5 Å². The number of hydrogen-bond donors (Lipinski definition) is 4. The third-order valence-electron chi connectivity index (χ3n) is 5.20. The first-order valence-electron chi connectivity index (χ1n) is 10.6. The normalized spacial score (nSPS) is 10.9. The summed E-state index contributed by atoms with van der Waals surface area (Å²) in [4.78, 5) is 15.9. The van der Waals surface area contributed by atoms with Crippen LogP contribution in [-0.2, 0) is 6.54 Å². The summed E-state index contributed by atoms with van der Waals surface area (Å²) < 4.78 is 19.2. The Morgan fingerprint density at radius 1 is 0.971 bits per heavy atom. The molecule has 8 nitrogen and oxygen atoms in total. The van der Waals surface area contributed by atoms with Crippen LogP contribution >= 0.6 is 0 Å². The molecule has 170 valence electrons. The molecule has 0 aliphatic heterocycles. The van der Waals surface area contributed by atoms with E-state index in [1.54, 1.807) is 18.3 Å². The van der Waals surface area contributed by atoms with Crippen molar-refractivity contribution in [3.05, 3.63) is 90.1 Å². The Bertz CT molecular complexity index is 1450. The number of rotatable bonds is 7. The number of aryl methyl sites for hydroxylation is 1. The van der Waals surface area contributed by atoms with Crippen molar-refractivity contribution in [2.75, 3.05) is 16.4 Å². The summed E-state index contributed by atoms with van der Waals surface area (Å²) in [5, 5.41) is 7.38. The average molecular weight is 455 g/mol. The zero-order chi connectivity index (χ0) is 23.5. The molecule has 0 aliphatic rings. The van der Waals surface area contributed by atoms with Crippen LogP contribution in [0.4, 0.5) is 27.5 Å². The van der Waals surface area contributed by atoms with E-state index < -0.39 is 0 Å². The fourth-order valence-electron chi connectivity index (χ4n) is 3.57. The summed E-state index contributed by atoms with van der Waals surface area (Å²) in [6, 6.07) is 17.5. The van der Waals surface area contributed by atoms with E-state index >= 15 is 0 Å². The number of H-pyrrole nitrogens is 1. The number of aromatic amines is 1. The number of nitrogens with zero attached hydrogens (tertiary/aromatic N) is 3.